The summed E-state index contributed by atoms with van der Waals surface area (Å²) in [7, 11) is 0. The van der Waals surface area contributed by atoms with Crippen LogP contribution in [0.1, 0.15) is 47.5 Å². The molecule has 29 heavy (non-hydrogen) atoms. The monoisotopic (exact) mass is 392 g/mol. The predicted octanol–water partition coefficient (Wildman–Crippen LogP) is 2.90. The smallest absolute Gasteiger partial charge is 0.220 e. The summed E-state index contributed by atoms with van der Waals surface area (Å²) in [6.45, 7) is 8.66. The first-order valence-electron chi connectivity index (χ1n) is 10.3. The minimum atomic E-state index is 0.0316. The van der Waals surface area contributed by atoms with E-state index in [0.717, 1.165) is 52.8 Å². The number of nitrogens with zero attached hydrogens (tertiary/aromatic N) is 5. The minimum Gasteiger partial charge on any atom is -0.357 e. The van der Waals surface area contributed by atoms with Crippen molar-refractivity contribution in [3.05, 3.63) is 52.6 Å². The average molecular weight is 393 g/mol. The van der Waals surface area contributed by atoms with Crippen LogP contribution in [-0.4, -0.2) is 38.6 Å². The van der Waals surface area contributed by atoms with Gasteiger partial charge in [0, 0.05) is 49.7 Å². The number of hydrogen-bond acceptors (Lipinski definition) is 5. The lowest BCUT2D eigenvalue weighted by atomic mass is 10.1. The van der Waals surface area contributed by atoms with E-state index in [1.807, 2.05) is 49.7 Å². The molecule has 0 atom stereocenters. The minimum absolute atomic E-state index is 0.0316. The van der Waals surface area contributed by atoms with E-state index in [1.165, 1.54) is 12.8 Å². The van der Waals surface area contributed by atoms with Crippen molar-refractivity contribution in [2.75, 3.05) is 18.0 Å². The predicted molar refractivity (Wildman–Crippen MR) is 113 cm³/mol. The summed E-state index contributed by atoms with van der Waals surface area (Å²) < 4.78 is 1.86. The zero-order valence-electron chi connectivity index (χ0n) is 17.4. The second-order valence-electron chi connectivity index (χ2n) is 7.81. The van der Waals surface area contributed by atoms with E-state index in [2.05, 4.69) is 25.3 Å². The lowest BCUT2D eigenvalue weighted by Crippen LogP contribution is -2.24. The van der Waals surface area contributed by atoms with Gasteiger partial charge in [-0.05, 0) is 57.2 Å². The maximum atomic E-state index is 12.4. The zero-order valence-corrected chi connectivity index (χ0v) is 17.4. The maximum absolute atomic E-state index is 12.4. The van der Waals surface area contributed by atoms with Gasteiger partial charge >= 0.3 is 0 Å². The lowest BCUT2D eigenvalue weighted by molar-refractivity contribution is -0.121. The normalized spacial score (nSPS) is 14.0. The SMILES string of the molecule is Cc1cc2nc(C)c(CCC(=O)NCc3ccc(N4CCCC4)nc3)c(C)n2n1. The van der Waals surface area contributed by atoms with Crippen LogP contribution in [0.5, 0.6) is 0 Å². The molecule has 1 aliphatic heterocycles. The van der Waals surface area contributed by atoms with Crippen molar-refractivity contribution in [3.63, 3.8) is 0 Å². The third-order valence-corrected chi connectivity index (χ3v) is 5.62. The van der Waals surface area contributed by atoms with Crippen molar-refractivity contribution in [2.24, 2.45) is 0 Å². The van der Waals surface area contributed by atoms with Crippen molar-refractivity contribution >= 4 is 17.4 Å². The summed E-state index contributed by atoms with van der Waals surface area (Å²) in [6.07, 6.45) is 5.41. The average Bonchev–Trinajstić information content (AvgIpc) is 3.36. The Morgan fingerprint density at radius 2 is 1.97 bits per heavy atom. The molecule has 0 bridgehead atoms. The second kappa shape index (κ2) is 8.19. The molecule has 1 amide bonds. The molecular formula is C22H28N6O. The summed E-state index contributed by atoms with van der Waals surface area (Å²) in [6, 6.07) is 6.07. The largest absolute Gasteiger partial charge is 0.357 e. The molecule has 0 aliphatic carbocycles. The Hall–Kier alpha value is -2.96. The van der Waals surface area contributed by atoms with Crippen molar-refractivity contribution in [1.82, 2.24) is 24.9 Å². The standard InChI is InChI=1S/C22H28N6O/c1-15-12-21-25-16(2)19(17(3)28(21)26-15)7-9-22(29)24-14-18-6-8-20(23-13-18)27-10-4-5-11-27/h6,8,12-13H,4-5,7,9-11,14H2,1-3H3,(H,24,29). The quantitative estimate of drug-likeness (QED) is 0.698. The number of fused-ring (bicyclic) bond motifs is 1. The number of hydrogen-bond donors (Lipinski definition) is 1. The molecule has 7 nitrogen and oxygen atoms in total. The van der Waals surface area contributed by atoms with Crippen LogP contribution in [0.25, 0.3) is 5.65 Å². The first kappa shape index (κ1) is 19.4. The van der Waals surface area contributed by atoms with Crippen molar-refractivity contribution in [2.45, 2.75) is 53.0 Å². The summed E-state index contributed by atoms with van der Waals surface area (Å²) in [4.78, 5) is 23.8. The Balaban J connectivity index is 1.33. The molecule has 0 saturated carbocycles. The van der Waals surface area contributed by atoms with E-state index in [9.17, 15) is 4.79 Å². The fourth-order valence-corrected chi connectivity index (χ4v) is 3.99. The van der Waals surface area contributed by atoms with Crippen LogP contribution in [0, 0.1) is 20.8 Å². The van der Waals surface area contributed by atoms with Crippen LogP contribution in [0.4, 0.5) is 5.82 Å². The highest BCUT2D eigenvalue weighted by molar-refractivity contribution is 5.76. The highest BCUT2D eigenvalue weighted by atomic mass is 16.1. The molecule has 0 spiro atoms. The summed E-state index contributed by atoms with van der Waals surface area (Å²) in [5.74, 6) is 1.06. The Bertz CT molecular complexity index is 1020. The third-order valence-electron chi connectivity index (χ3n) is 5.62. The van der Waals surface area contributed by atoms with Crippen molar-refractivity contribution in [1.29, 1.82) is 0 Å². The van der Waals surface area contributed by atoms with Crippen LogP contribution in [0.15, 0.2) is 24.4 Å². The fraction of sp³-hybridized carbons (Fsp3) is 0.455. The molecule has 0 radical (unpaired) electrons. The van der Waals surface area contributed by atoms with Gasteiger partial charge in [-0.1, -0.05) is 6.07 Å². The van der Waals surface area contributed by atoms with E-state index in [0.29, 0.717) is 19.4 Å². The fourth-order valence-electron chi connectivity index (χ4n) is 3.99. The molecule has 3 aromatic rings. The van der Waals surface area contributed by atoms with Crippen LogP contribution >= 0.6 is 0 Å². The van der Waals surface area contributed by atoms with Crippen molar-refractivity contribution < 1.29 is 4.79 Å². The zero-order chi connectivity index (χ0) is 20.4. The maximum Gasteiger partial charge on any atom is 0.220 e. The number of rotatable bonds is 6. The van der Waals surface area contributed by atoms with E-state index in [4.69, 9.17) is 0 Å². The van der Waals surface area contributed by atoms with Gasteiger partial charge in [0.1, 0.15) is 5.82 Å². The Labute approximate surface area is 171 Å². The first-order valence-corrected chi connectivity index (χ1v) is 10.3. The van der Waals surface area contributed by atoms with Crippen LogP contribution in [0.2, 0.25) is 0 Å². The summed E-state index contributed by atoms with van der Waals surface area (Å²) in [5, 5.41) is 7.50. The molecule has 0 aromatic carbocycles. The van der Waals surface area contributed by atoms with Gasteiger partial charge in [-0.25, -0.2) is 14.5 Å². The van der Waals surface area contributed by atoms with E-state index in [1.54, 1.807) is 0 Å². The molecule has 4 heterocycles. The van der Waals surface area contributed by atoms with Crippen LogP contribution in [-0.2, 0) is 17.8 Å². The van der Waals surface area contributed by atoms with Gasteiger partial charge in [0.2, 0.25) is 5.91 Å². The third kappa shape index (κ3) is 4.23. The van der Waals surface area contributed by atoms with Crippen LogP contribution in [0.3, 0.4) is 0 Å². The molecular weight excluding hydrogens is 364 g/mol. The number of aromatic nitrogens is 4. The molecule has 1 N–H and O–H groups in total. The van der Waals surface area contributed by atoms with Gasteiger partial charge in [-0.2, -0.15) is 5.10 Å². The van der Waals surface area contributed by atoms with Gasteiger partial charge in [-0.15, -0.1) is 0 Å². The van der Waals surface area contributed by atoms with E-state index >= 15 is 0 Å². The van der Waals surface area contributed by atoms with Gasteiger partial charge in [0.15, 0.2) is 5.65 Å². The number of anilines is 1. The molecule has 0 unspecified atom stereocenters. The molecule has 1 aliphatic rings. The van der Waals surface area contributed by atoms with Gasteiger partial charge < -0.3 is 10.2 Å². The summed E-state index contributed by atoms with van der Waals surface area (Å²) in [5.41, 5.74) is 5.92. The molecule has 152 valence electrons. The first-order chi connectivity index (χ1) is 14.0. The van der Waals surface area contributed by atoms with Gasteiger partial charge in [-0.3, -0.25) is 4.79 Å². The second-order valence-corrected chi connectivity index (χ2v) is 7.81. The lowest BCUT2D eigenvalue weighted by Gasteiger charge is -2.16. The van der Waals surface area contributed by atoms with E-state index < -0.39 is 0 Å². The molecule has 1 fully saturated rings. The number of carbonyl (C=O) groups excluding carboxylic acids is 1. The topological polar surface area (TPSA) is 75.4 Å². The summed E-state index contributed by atoms with van der Waals surface area (Å²) >= 11 is 0. The number of nitrogens with one attached hydrogen (secondary N) is 1. The van der Waals surface area contributed by atoms with Gasteiger partial charge in [0.25, 0.3) is 0 Å². The number of carbonyl (C=O) groups is 1. The molecule has 4 rings (SSSR count). The highest BCUT2D eigenvalue weighted by Crippen LogP contribution is 2.18. The molecule has 3 aromatic heterocycles. The van der Waals surface area contributed by atoms with Crippen molar-refractivity contribution in [3.8, 4) is 0 Å². The molecule has 7 heteroatoms. The van der Waals surface area contributed by atoms with E-state index in [-0.39, 0.29) is 5.91 Å². The Kier molecular flexibility index (Phi) is 5.47. The van der Waals surface area contributed by atoms with Gasteiger partial charge in [0.05, 0.1) is 5.69 Å². The Morgan fingerprint density at radius 3 is 2.69 bits per heavy atom. The van der Waals surface area contributed by atoms with Crippen LogP contribution < -0.4 is 10.2 Å². The number of amides is 1. The highest BCUT2D eigenvalue weighted by Gasteiger charge is 2.14. The Morgan fingerprint density at radius 1 is 1.17 bits per heavy atom. The molecule has 1 saturated heterocycles. The number of pyridine rings is 1. The number of aryl methyl sites for hydroxylation is 3.